The Bertz CT molecular complexity index is 594. The first kappa shape index (κ1) is 17.0. The highest BCUT2D eigenvalue weighted by Gasteiger charge is 2.28. The lowest BCUT2D eigenvalue weighted by Gasteiger charge is -2.36. The molecule has 0 aliphatic carbocycles. The molecule has 2 N–H and O–H groups in total. The summed E-state index contributed by atoms with van der Waals surface area (Å²) in [7, 11) is -3.71. The topological polar surface area (TPSA) is 66.6 Å². The Morgan fingerprint density at radius 3 is 2.05 bits per heavy atom. The molecule has 1 heterocycles. The standard InChI is InChI=1S/C13H18F3N3O2S/c14-13(15,16)5-6-18-7-9-19(10-8-18)11-1-3-12(4-2-11)22(17,20)21/h1-4H,5-10H2,(H2,17,20,21). The van der Waals surface area contributed by atoms with Gasteiger partial charge in [0.1, 0.15) is 0 Å². The zero-order valence-corrected chi connectivity index (χ0v) is 12.7. The molecular weight excluding hydrogens is 319 g/mol. The second kappa shape index (κ2) is 6.43. The molecule has 0 amide bonds. The van der Waals surface area contributed by atoms with Gasteiger partial charge in [-0.25, -0.2) is 13.6 Å². The molecule has 0 bridgehead atoms. The molecule has 22 heavy (non-hydrogen) atoms. The Kier molecular flexibility index (Phi) is 4.98. The predicted molar refractivity (Wildman–Crippen MR) is 77.1 cm³/mol. The van der Waals surface area contributed by atoms with Crippen molar-refractivity contribution in [2.24, 2.45) is 5.14 Å². The zero-order valence-electron chi connectivity index (χ0n) is 11.9. The quantitative estimate of drug-likeness (QED) is 0.902. The van der Waals surface area contributed by atoms with E-state index in [0.717, 1.165) is 5.69 Å². The van der Waals surface area contributed by atoms with Gasteiger partial charge in [-0.2, -0.15) is 13.2 Å². The third-order valence-electron chi connectivity index (χ3n) is 3.61. The van der Waals surface area contributed by atoms with E-state index in [-0.39, 0.29) is 11.4 Å². The fourth-order valence-electron chi connectivity index (χ4n) is 2.36. The first-order valence-electron chi connectivity index (χ1n) is 6.82. The minimum absolute atomic E-state index is 0.0156. The fourth-order valence-corrected chi connectivity index (χ4v) is 2.88. The first-order chi connectivity index (χ1) is 10.1. The number of nitrogens with zero attached hydrogens (tertiary/aromatic N) is 2. The van der Waals surface area contributed by atoms with Crippen LogP contribution in [0, 0.1) is 0 Å². The molecule has 0 radical (unpaired) electrons. The number of sulfonamides is 1. The van der Waals surface area contributed by atoms with Crippen LogP contribution in [0.5, 0.6) is 0 Å². The van der Waals surface area contributed by atoms with Gasteiger partial charge in [-0.1, -0.05) is 0 Å². The molecule has 1 aromatic rings. The van der Waals surface area contributed by atoms with Gasteiger partial charge in [-0.15, -0.1) is 0 Å². The molecule has 1 fully saturated rings. The van der Waals surface area contributed by atoms with Crippen LogP contribution in [0.15, 0.2) is 29.2 Å². The number of benzene rings is 1. The molecule has 124 valence electrons. The van der Waals surface area contributed by atoms with Crippen molar-refractivity contribution in [3.8, 4) is 0 Å². The highest BCUT2D eigenvalue weighted by Crippen LogP contribution is 2.22. The zero-order chi connectivity index (χ0) is 16.4. The van der Waals surface area contributed by atoms with Crippen LogP contribution >= 0.6 is 0 Å². The molecule has 5 nitrogen and oxygen atoms in total. The lowest BCUT2D eigenvalue weighted by Crippen LogP contribution is -2.47. The number of hydrogen-bond acceptors (Lipinski definition) is 4. The van der Waals surface area contributed by atoms with E-state index in [0.29, 0.717) is 26.2 Å². The maximum atomic E-state index is 12.2. The first-order valence-corrected chi connectivity index (χ1v) is 8.37. The number of halogens is 3. The van der Waals surface area contributed by atoms with Gasteiger partial charge in [0.05, 0.1) is 11.3 Å². The molecular formula is C13H18F3N3O2S. The monoisotopic (exact) mass is 337 g/mol. The molecule has 1 aromatic carbocycles. The maximum absolute atomic E-state index is 12.2. The molecule has 0 aromatic heterocycles. The normalized spacial score (nSPS) is 17.7. The van der Waals surface area contributed by atoms with E-state index in [1.165, 1.54) is 12.1 Å². The van der Waals surface area contributed by atoms with Gasteiger partial charge in [0.25, 0.3) is 0 Å². The average molecular weight is 337 g/mol. The fraction of sp³-hybridized carbons (Fsp3) is 0.538. The Hall–Kier alpha value is -1.32. The average Bonchev–Trinajstić information content (AvgIpc) is 2.44. The summed E-state index contributed by atoms with van der Waals surface area (Å²) in [5.74, 6) is 0. The van der Waals surface area contributed by atoms with Crippen LogP contribution in [0.4, 0.5) is 18.9 Å². The molecule has 9 heteroatoms. The van der Waals surface area contributed by atoms with Gasteiger partial charge >= 0.3 is 6.18 Å². The smallest absolute Gasteiger partial charge is 0.369 e. The van der Waals surface area contributed by atoms with E-state index >= 15 is 0 Å². The van der Waals surface area contributed by atoms with Crippen molar-refractivity contribution in [2.45, 2.75) is 17.5 Å². The third kappa shape index (κ3) is 4.85. The number of hydrogen-bond donors (Lipinski definition) is 1. The molecule has 1 aliphatic rings. The summed E-state index contributed by atoms with van der Waals surface area (Å²) in [5, 5.41) is 5.03. The van der Waals surface area contributed by atoms with Crippen molar-refractivity contribution in [3.63, 3.8) is 0 Å². The predicted octanol–water partition coefficient (Wildman–Crippen LogP) is 1.41. The Balaban J connectivity index is 1.89. The number of piperazine rings is 1. The lowest BCUT2D eigenvalue weighted by atomic mass is 10.2. The number of alkyl halides is 3. The number of anilines is 1. The van der Waals surface area contributed by atoms with Crippen LogP contribution in [-0.2, 0) is 10.0 Å². The minimum atomic E-state index is -4.12. The molecule has 0 spiro atoms. The van der Waals surface area contributed by atoms with E-state index in [1.54, 1.807) is 17.0 Å². The summed E-state index contributed by atoms with van der Waals surface area (Å²) in [4.78, 5) is 3.83. The van der Waals surface area contributed by atoms with Crippen LogP contribution in [0.1, 0.15) is 6.42 Å². The van der Waals surface area contributed by atoms with Crippen molar-refractivity contribution >= 4 is 15.7 Å². The third-order valence-corrected chi connectivity index (χ3v) is 4.54. The summed E-state index contributed by atoms with van der Waals surface area (Å²) in [6.45, 7) is 2.32. The SMILES string of the molecule is NS(=O)(=O)c1ccc(N2CCN(CCC(F)(F)F)CC2)cc1. The van der Waals surface area contributed by atoms with Gasteiger partial charge in [0.15, 0.2) is 0 Å². The van der Waals surface area contributed by atoms with E-state index in [1.807, 2.05) is 4.90 Å². The van der Waals surface area contributed by atoms with Crippen LogP contribution in [0.2, 0.25) is 0 Å². The van der Waals surface area contributed by atoms with Crippen molar-refractivity contribution in [1.82, 2.24) is 4.90 Å². The summed E-state index contributed by atoms with van der Waals surface area (Å²) >= 11 is 0. The van der Waals surface area contributed by atoms with Gasteiger partial charge in [0, 0.05) is 38.4 Å². The van der Waals surface area contributed by atoms with Gasteiger partial charge in [-0.3, -0.25) is 4.90 Å². The van der Waals surface area contributed by atoms with Gasteiger partial charge in [0.2, 0.25) is 10.0 Å². The minimum Gasteiger partial charge on any atom is -0.369 e. The van der Waals surface area contributed by atoms with Crippen LogP contribution in [0.3, 0.4) is 0 Å². The van der Waals surface area contributed by atoms with Crippen molar-refractivity contribution in [2.75, 3.05) is 37.6 Å². The van der Waals surface area contributed by atoms with Crippen LogP contribution in [0.25, 0.3) is 0 Å². The van der Waals surface area contributed by atoms with Crippen LogP contribution < -0.4 is 10.0 Å². The van der Waals surface area contributed by atoms with E-state index < -0.39 is 22.6 Å². The van der Waals surface area contributed by atoms with E-state index in [9.17, 15) is 21.6 Å². The second-order valence-electron chi connectivity index (χ2n) is 5.23. The maximum Gasteiger partial charge on any atom is 0.390 e. The summed E-state index contributed by atoms with van der Waals surface area (Å²) < 4.78 is 58.9. The summed E-state index contributed by atoms with van der Waals surface area (Å²) in [5.41, 5.74) is 0.836. The largest absolute Gasteiger partial charge is 0.390 e. The van der Waals surface area contributed by atoms with E-state index in [2.05, 4.69) is 0 Å². The van der Waals surface area contributed by atoms with Gasteiger partial charge in [-0.05, 0) is 24.3 Å². The number of primary sulfonamides is 1. The molecule has 0 saturated carbocycles. The second-order valence-corrected chi connectivity index (χ2v) is 6.79. The van der Waals surface area contributed by atoms with Crippen molar-refractivity contribution in [1.29, 1.82) is 0 Å². The molecule has 2 rings (SSSR count). The Morgan fingerprint density at radius 2 is 1.59 bits per heavy atom. The highest BCUT2D eigenvalue weighted by molar-refractivity contribution is 7.89. The lowest BCUT2D eigenvalue weighted by molar-refractivity contribution is -0.138. The van der Waals surface area contributed by atoms with Gasteiger partial charge < -0.3 is 4.90 Å². The molecule has 1 aliphatic heterocycles. The number of rotatable bonds is 4. The summed E-state index contributed by atoms with van der Waals surface area (Å²) in [6.07, 6.45) is -4.92. The molecule has 0 unspecified atom stereocenters. The molecule has 0 atom stereocenters. The molecule has 1 saturated heterocycles. The van der Waals surface area contributed by atoms with Crippen molar-refractivity contribution < 1.29 is 21.6 Å². The van der Waals surface area contributed by atoms with Crippen molar-refractivity contribution in [3.05, 3.63) is 24.3 Å². The summed E-state index contributed by atoms with van der Waals surface area (Å²) in [6, 6.07) is 6.18. The van der Waals surface area contributed by atoms with Crippen LogP contribution in [-0.4, -0.2) is 52.2 Å². The number of nitrogens with two attached hydrogens (primary N) is 1. The Labute approximate surface area is 127 Å². The highest BCUT2D eigenvalue weighted by atomic mass is 32.2. The Morgan fingerprint density at radius 1 is 1.05 bits per heavy atom. The van der Waals surface area contributed by atoms with E-state index in [4.69, 9.17) is 5.14 Å².